The number of nitro benzene ring substituents is 1. The van der Waals surface area contributed by atoms with Crippen molar-refractivity contribution in [3.63, 3.8) is 0 Å². The average molecular weight is 378 g/mol. The molecule has 0 saturated carbocycles. The van der Waals surface area contributed by atoms with Gasteiger partial charge in [-0.2, -0.15) is 5.26 Å². The van der Waals surface area contributed by atoms with Crippen molar-refractivity contribution in [3.8, 4) is 23.1 Å². The van der Waals surface area contributed by atoms with Gasteiger partial charge in [0.25, 0.3) is 5.69 Å². The number of nitro groups is 1. The van der Waals surface area contributed by atoms with Gasteiger partial charge in [-0.3, -0.25) is 10.1 Å². The molecule has 0 radical (unpaired) electrons. The van der Waals surface area contributed by atoms with Gasteiger partial charge in [-0.1, -0.05) is 6.07 Å². The molecular formula is C19H14N4O3S. The Kier molecular flexibility index (Phi) is 5.44. The van der Waals surface area contributed by atoms with Crippen molar-refractivity contribution in [3.05, 3.63) is 75.2 Å². The second kappa shape index (κ2) is 8.12. The number of benzene rings is 2. The van der Waals surface area contributed by atoms with Crippen LogP contribution in [0.5, 0.6) is 5.75 Å². The normalized spacial score (nSPS) is 10.9. The lowest BCUT2D eigenvalue weighted by molar-refractivity contribution is -0.384. The smallest absolute Gasteiger partial charge is 0.271 e. The molecule has 2 aromatic carbocycles. The van der Waals surface area contributed by atoms with Crippen LogP contribution in [-0.4, -0.2) is 17.0 Å². The lowest BCUT2D eigenvalue weighted by atomic mass is 10.2. The first-order valence-corrected chi connectivity index (χ1v) is 8.70. The quantitative estimate of drug-likeness (QED) is 0.379. The molecule has 27 heavy (non-hydrogen) atoms. The Hall–Kier alpha value is -3.70. The molecule has 0 fully saturated rings. The molecule has 3 aromatic rings. The summed E-state index contributed by atoms with van der Waals surface area (Å²) >= 11 is 1.35. The minimum atomic E-state index is -0.470. The van der Waals surface area contributed by atoms with Gasteiger partial charge >= 0.3 is 0 Å². The Morgan fingerprint density at radius 3 is 2.78 bits per heavy atom. The van der Waals surface area contributed by atoms with Gasteiger partial charge in [0.15, 0.2) is 0 Å². The van der Waals surface area contributed by atoms with E-state index in [0.717, 1.165) is 17.0 Å². The van der Waals surface area contributed by atoms with Crippen molar-refractivity contribution < 1.29 is 9.66 Å². The van der Waals surface area contributed by atoms with Crippen LogP contribution < -0.4 is 10.1 Å². The number of hydrogen-bond donors (Lipinski definition) is 1. The van der Waals surface area contributed by atoms with Crippen molar-refractivity contribution in [1.82, 2.24) is 4.98 Å². The maximum absolute atomic E-state index is 10.8. The SMILES string of the molecule is COc1ccc(-c2csc(/C(C#N)=C/Nc3cccc([N+](=O)[O-])c3)n2)cc1. The van der Waals surface area contributed by atoms with E-state index in [4.69, 9.17) is 4.74 Å². The highest BCUT2D eigenvalue weighted by molar-refractivity contribution is 7.11. The Labute approximate surface area is 159 Å². The minimum Gasteiger partial charge on any atom is -0.497 e. The van der Waals surface area contributed by atoms with Crippen molar-refractivity contribution in [2.45, 2.75) is 0 Å². The zero-order chi connectivity index (χ0) is 19.2. The van der Waals surface area contributed by atoms with Crippen LogP contribution in [0, 0.1) is 21.4 Å². The Balaban J connectivity index is 1.80. The largest absolute Gasteiger partial charge is 0.497 e. The summed E-state index contributed by atoms with van der Waals surface area (Å²) in [5, 5.41) is 25.6. The molecule has 0 aliphatic carbocycles. The first-order valence-electron chi connectivity index (χ1n) is 7.82. The molecule has 0 aliphatic rings. The van der Waals surface area contributed by atoms with E-state index >= 15 is 0 Å². The third-order valence-corrected chi connectivity index (χ3v) is 4.56. The van der Waals surface area contributed by atoms with E-state index in [2.05, 4.69) is 16.4 Å². The van der Waals surface area contributed by atoms with E-state index in [0.29, 0.717) is 16.3 Å². The number of nitriles is 1. The fourth-order valence-corrected chi connectivity index (χ4v) is 3.09. The molecule has 0 aliphatic heterocycles. The van der Waals surface area contributed by atoms with Crippen LogP contribution in [0.15, 0.2) is 60.1 Å². The number of allylic oxidation sites excluding steroid dienone is 1. The van der Waals surface area contributed by atoms with Crippen LogP contribution in [0.4, 0.5) is 11.4 Å². The first-order chi connectivity index (χ1) is 13.1. The molecule has 0 spiro atoms. The van der Waals surface area contributed by atoms with Gasteiger partial charge < -0.3 is 10.1 Å². The predicted molar refractivity (Wildman–Crippen MR) is 104 cm³/mol. The van der Waals surface area contributed by atoms with E-state index in [1.807, 2.05) is 29.6 Å². The zero-order valence-electron chi connectivity index (χ0n) is 14.2. The van der Waals surface area contributed by atoms with Gasteiger partial charge in [-0.05, 0) is 30.3 Å². The molecular weight excluding hydrogens is 364 g/mol. The molecule has 134 valence electrons. The van der Waals surface area contributed by atoms with Crippen LogP contribution in [0.1, 0.15) is 5.01 Å². The van der Waals surface area contributed by atoms with Crippen LogP contribution >= 0.6 is 11.3 Å². The highest BCUT2D eigenvalue weighted by Crippen LogP contribution is 2.27. The van der Waals surface area contributed by atoms with Crippen LogP contribution in [-0.2, 0) is 0 Å². The van der Waals surface area contributed by atoms with E-state index in [1.54, 1.807) is 19.2 Å². The molecule has 0 saturated heterocycles. The molecule has 8 heteroatoms. The fraction of sp³-hybridized carbons (Fsp3) is 0.0526. The van der Waals surface area contributed by atoms with Crippen molar-refractivity contribution in [2.75, 3.05) is 12.4 Å². The highest BCUT2D eigenvalue weighted by Gasteiger charge is 2.10. The summed E-state index contributed by atoms with van der Waals surface area (Å²) in [6, 6.07) is 15.7. The van der Waals surface area contributed by atoms with Gasteiger partial charge in [0.2, 0.25) is 0 Å². The Morgan fingerprint density at radius 1 is 1.33 bits per heavy atom. The molecule has 1 aromatic heterocycles. The number of nitrogens with zero attached hydrogens (tertiary/aromatic N) is 3. The third kappa shape index (κ3) is 4.29. The predicted octanol–water partition coefficient (Wildman–Crippen LogP) is 4.70. The maximum Gasteiger partial charge on any atom is 0.271 e. The number of rotatable bonds is 6. The Bertz CT molecular complexity index is 1040. The standard InChI is InChI=1S/C19H14N4O3S/c1-26-17-7-5-13(6-8-17)18-12-27-19(22-18)14(10-20)11-21-15-3-2-4-16(9-15)23(24)25/h2-9,11-12,21H,1H3/b14-11+. The number of nitrogens with one attached hydrogen (secondary N) is 1. The highest BCUT2D eigenvalue weighted by atomic mass is 32.1. The van der Waals surface area contributed by atoms with Crippen molar-refractivity contribution in [2.24, 2.45) is 0 Å². The second-order valence-corrected chi connectivity index (χ2v) is 6.25. The molecule has 1 heterocycles. The summed E-state index contributed by atoms with van der Waals surface area (Å²) < 4.78 is 5.14. The summed E-state index contributed by atoms with van der Waals surface area (Å²) in [6.07, 6.45) is 1.50. The molecule has 3 rings (SSSR count). The second-order valence-electron chi connectivity index (χ2n) is 5.39. The van der Waals surface area contributed by atoms with Crippen molar-refractivity contribution >= 4 is 28.3 Å². The summed E-state index contributed by atoms with van der Waals surface area (Å²) in [6.45, 7) is 0. The van der Waals surface area contributed by atoms with Crippen molar-refractivity contribution in [1.29, 1.82) is 5.26 Å². The summed E-state index contributed by atoms with van der Waals surface area (Å²) in [5.74, 6) is 0.757. The van der Waals surface area contributed by atoms with E-state index < -0.39 is 4.92 Å². The number of methoxy groups -OCH3 is 1. The monoisotopic (exact) mass is 378 g/mol. The number of thiazole rings is 1. The Morgan fingerprint density at radius 2 is 2.11 bits per heavy atom. The number of non-ortho nitro benzene ring substituents is 1. The molecule has 7 nitrogen and oxygen atoms in total. The van der Waals surface area contributed by atoms with Gasteiger partial charge in [-0.15, -0.1) is 11.3 Å². The van der Waals surface area contributed by atoms with Crippen LogP contribution in [0.3, 0.4) is 0 Å². The number of aromatic nitrogens is 1. The summed E-state index contributed by atoms with van der Waals surface area (Å²) in [4.78, 5) is 14.9. The van der Waals surface area contributed by atoms with Crippen LogP contribution in [0.25, 0.3) is 16.8 Å². The van der Waals surface area contributed by atoms with Gasteiger partial charge in [0.05, 0.1) is 17.7 Å². The molecule has 0 atom stereocenters. The van der Waals surface area contributed by atoms with E-state index in [-0.39, 0.29) is 5.69 Å². The molecule has 1 N–H and O–H groups in total. The molecule has 0 unspecified atom stereocenters. The summed E-state index contributed by atoms with van der Waals surface area (Å²) in [7, 11) is 1.61. The molecule has 0 amide bonds. The maximum atomic E-state index is 10.8. The number of anilines is 1. The number of hydrogen-bond acceptors (Lipinski definition) is 7. The summed E-state index contributed by atoms with van der Waals surface area (Å²) in [5.41, 5.74) is 2.51. The lowest BCUT2D eigenvalue weighted by Gasteiger charge is -2.01. The van der Waals surface area contributed by atoms with Gasteiger partial charge in [0.1, 0.15) is 22.4 Å². The van der Waals surface area contributed by atoms with E-state index in [1.165, 1.54) is 29.7 Å². The molecule has 0 bridgehead atoms. The first kappa shape index (κ1) is 18.1. The van der Waals surface area contributed by atoms with Gasteiger partial charge in [0, 0.05) is 35.0 Å². The van der Waals surface area contributed by atoms with Gasteiger partial charge in [-0.25, -0.2) is 4.98 Å². The number of ether oxygens (including phenoxy) is 1. The third-order valence-electron chi connectivity index (χ3n) is 3.68. The fourth-order valence-electron chi connectivity index (χ4n) is 2.30. The average Bonchev–Trinajstić information content (AvgIpc) is 3.19. The van der Waals surface area contributed by atoms with E-state index in [9.17, 15) is 15.4 Å². The lowest BCUT2D eigenvalue weighted by Crippen LogP contribution is -1.93. The van der Waals surface area contributed by atoms with Crippen LogP contribution in [0.2, 0.25) is 0 Å². The topological polar surface area (TPSA) is 101 Å². The minimum absolute atomic E-state index is 0.0250. The zero-order valence-corrected chi connectivity index (χ0v) is 15.1.